The third-order valence-electron chi connectivity index (χ3n) is 4.48. The lowest BCUT2D eigenvalue weighted by Gasteiger charge is -2.34. The van der Waals surface area contributed by atoms with Crippen LogP contribution in [0.5, 0.6) is 0 Å². The monoisotopic (exact) mass is 394 g/mol. The Morgan fingerprint density at radius 2 is 1.93 bits per heavy atom. The average molecular weight is 394 g/mol. The molecular weight excluding hydrogens is 372 g/mol. The fourth-order valence-electron chi connectivity index (χ4n) is 3.04. The van der Waals surface area contributed by atoms with E-state index in [0.717, 1.165) is 0 Å². The number of hydrogen-bond donors (Lipinski definition) is 1. The van der Waals surface area contributed by atoms with Crippen LogP contribution in [0.25, 0.3) is 0 Å². The quantitative estimate of drug-likeness (QED) is 0.846. The number of carbonyl (C=O) groups is 2. The minimum Gasteiger partial charge on any atom is -0.450 e. The second kappa shape index (κ2) is 9.01. The standard InChI is InChI=1S/C20H22N6O3/c1-3-29-20(28)26-10-8-25(9-11-26)18-12-17(22-14(2)23-18)19(27)24-16-7-5-4-6-15(16)13-21/h4-7,12H,3,8-11H2,1-2H3,(H,24,27). The number of rotatable bonds is 4. The molecule has 0 saturated carbocycles. The molecule has 3 rings (SSSR count). The van der Waals surface area contributed by atoms with Crippen LogP contribution in [-0.2, 0) is 4.74 Å². The smallest absolute Gasteiger partial charge is 0.409 e. The van der Waals surface area contributed by atoms with E-state index in [1.807, 2.05) is 4.90 Å². The Morgan fingerprint density at radius 3 is 2.62 bits per heavy atom. The first-order valence-electron chi connectivity index (χ1n) is 9.34. The van der Waals surface area contributed by atoms with E-state index in [1.54, 1.807) is 49.1 Å². The van der Waals surface area contributed by atoms with Crippen molar-refractivity contribution in [2.75, 3.05) is 43.0 Å². The Kier molecular flexibility index (Phi) is 6.24. The lowest BCUT2D eigenvalue weighted by molar-refractivity contribution is 0.102. The number of aromatic nitrogens is 2. The van der Waals surface area contributed by atoms with Gasteiger partial charge in [0.2, 0.25) is 0 Å². The summed E-state index contributed by atoms with van der Waals surface area (Å²) in [6, 6.07) is 10.5. The lowest BCUT2D eigenvalue weighted by atomic mass is 10.2. The highest BCUT2D eigenvalue weighted by Crippen LogP contribution is 2.18. The van der Waals surface area contributed by atoms with Gasteiger partial charge in [-0.05, 0) is 26.0 Å². The molecular formula is C20H22N6O3. The number of piperazine rings is 1. The topological polar surface area (TPSA) is 111 Å². The molecule has 1 aromatic heterocycles. The number of amides is 2. The summed E-state index contributed by atoms with van der Waals surface area (Å²) in [5, 5.41) is 11.9. The predicted octanol–water partition coefficient (Wildman–Crippen LogP) is 2.19. The number of benzene rings is 1. The first-order valence-corrected chi connectivity index (χ1v) is 9.34. The summed E-state index contributed by atoms with van der Waals surface area (Å²) in [5.41, 5.74) is 1.02. The number of anilines is 2. The average Bonchev–Trinajstić information content (AvgIpc) is 2.74. The van der Waals surface area contributed by atoms with Crippen LogP contribution in [0.3, 0.4) is 0 Å². The third-order valence-corrected chi connectivity index (χ3v) is 4.48. The van der Waals surface area contributed by atoms with Gasteiger partial charge in [-0.15, -0.1) is 0 Å². The van der Waals surface area contributed by atoms with Crippen LogP contribution < -0.4 is 10.2 Å². The van der Waals surface area contributed by atoms with Gasteiger partial charge in [0.25, 0.3) is 5.91 Å². The van der Waals surface area contributed by atoms with Gasteiger partial charge in [-0.3, -0.25) is 4.79 Å². The summed E-state index contributed by atoms with van der Waals surface area (Å²) >= 11 is 0. The molecule has 2 aromatic rings. The molecule has 9 nitrogen and oxygen atoms in total. The summed E-state index contributed by atoms with van der Waals surface area (Å²) in [5.74, 6) is 0.679. The van der Waals surface area contributed by atoms with Gasteiger partial charge < -0.3 is 19.9 Å². The van der Waals surface area contributed by atoms with Gasteiger partial charge in [0, 0.05) is 32.2 Å². The lowest BCUT2D eigenvalue weighted by Crippen LogP contribution is -2.49. The molecule has 0 radical (unpaired) electrons. The fourth-order valence-corrected chi connectivity index (χ4v) is 3.04. The molecule has 0 unspecified atom stereocenters. The highest BCUT2D eigenvalue weighted by molar-refractivity contribution is 6.04. The maximum atomic E-state index is 12.7. The molecule has 0 atom stereocenters. The van der Waals surface area contributed by atoms with Gasteiger partial charge in [0.05, 0.1) is 17.9 Å². The molecule has 9 heteroatoms. The molecule has 150 valence electrons. The number of nitrogens with zero attached hydrogens (tertiary/aromatic N) is 5. The zero-order chi connectivity index (χ0) is 20.8. The summed E-state index contributed by atoms with van der Waals surface area (Å²) < 4.78 is 5.03. The van der Waals surface area contributed by atoms with Crippen molar-refractivity contribution in [3.8, 4) is 6.07 Å². The van der Waals surface area contributed by atoms with Gasteiger partial charge >= 0.3 is 6.09 Å². The Hall–Kier alpha value is -3.67. The van der Waals surface area contributed by atoms with Crippen LogP contribution in [0, 0.1) is 18.3 Å². The van der Waals surface area contributed by atoms with Gasteiger partial charge in [-0.1, -0.05) is 12.1 Å². The van der Waals surface area contributed by atoms with Crippen molar-refractivity contribution >= 4 is 23.5 Å². The first-order chi connectivity index (χ1) is 14.0. The maximum absolute atomic E-state index is 12.7. The fraction of sp³-hybridized carbons (Fsp3) is 0.350. The molecule has 1 aromatic carbocycles. The van der Waals surface area contributed by atoms with Gasteiger partial charge in [-0.2, -0.15) is 5.26 Å². The van der Waals surface area contributed by atoms with Crippen LogP contribution in [-0.4, -0.2) is 59.7 Å². The van der Waals surface area contributed by atoms with E-state index < -0.39 is 5.91 Å². The molecule has 1 fully saturated rings. The minimum absolute atomic E-state index is 0.216. The van der Waals surface area contributed by atoms with E-state index in [2.05, 4.69) is 21.4 Å². The second-order valence-corrected chi connectivity index (χ2v) is 6.44. The number of hydrogen-bond acceptors (Lipinski definition) is 7. The maximum Gasteiger partial charge on any atom is 0.409 e. The van der Waals surface area contributed by atoms with E-state index in [0.29, 0.717) is 55.7 Å². The molecule has 0 bridgehead atoms. The van der Waals surface area contributed by atoms with E-state index in [-0.39, 0.29) is 11.8 Å². The van der Waals surface area contributed by atoms with Gasteiger partial charge in [-0.25, -0.2) is 14.8 Å². The van der Waals surface area contributed by atoms with Crippen molar-refractivity contribution in [3.05, 3.63) is 47.4 Å². The van der Waals surface area contributed by atoms with E-state index in [9.17, 15) is 14.9 Å². The molecule has 1 saturated heterocycles. The van der Waals surface area contributed by atoms with Crippen LogP contribution in [0.2, 0.25) is 0 Å². The van der Waals surface area contributed by atoms with E-state index >= 15 is 0 Å². The molecule has 1 aliphatic rings. The minimum atomic E-state index is -0.412. The summed E-state index contributed by atoms with van der Waals surface area (Å²) in [4.78, 5) is 36.9. The SMILES string of the molecule is CCOC(=O)N1CCN(c2cc(C(=O)Nc3ccccc3C#N)nc(C)n2)CC1. The van der Waals surface area contributed by atoms with Crippen molar-refractivity contribution in [1.29, 1.82) is 5.26 Å². The largest absolute Gasteiger partial charge is 0.450 e. The van der Waals surface area contributed by atoms with Crippen molar-refractivity contribution in [2.45, 2.75) is 13.8 Å². The van der Waals surface area contributed by atoms with Gasteiger partial charge in [0.15, 0.2) is 0 Å². The molecule has 1 N–H and O–H groups in total. The molecule has 29 heavy (non-hydrogen) atoms. The second-order valence-electron chi connectivity index (χ2n) is 6.44. The number of carbonyl (C=O) groups excluding carboxylic acids is 2. The van der Waals surface area contributed by atoms with E-state index in [4.69, 9.17) is 4.74 Å². The molecule has 0 spiro atoms. The van der Waals surface area contributed by atoms with E-state index in [1.165, 1.54) is 0 Å². The zero-order valence-electron chi connectivity index (χ0n) is 16.4. The van der Waals surface area contributed by atoms with Crippen molar-refractivity contribution in [3.63, 3.8) is 0 Å². The normalized spacial score (nSPS) is 13.6. The highest BCUT2D eigenvalue weighted by atomic mass is 16.6. The van der Waals surface area contributed by atoms with Crippen molar-refractivity contribution in [2.24, 2.45) is 0 Å². The van der Waals surface area contributed by atoms with Crippen LogP contribution in [0.4, 0.5) is 16.3 Å². The summed E-state index contributed by atoms with van der Waals surface area (Å²) in [6.45, 7) is 6.02. The van der Waals surface area contributed by atoms with Crippen LogP contribution >= 0.6 is 0 Å². The number of nitrogens with one attached hydrogen (secondary N) is 1. The highest BCUT2D eigenvalue weighted by Gasteiger charge is 2.24. The first kappa shape index (κ1) is 20.1. The summed E-state index contributed by atoms with van der Waals surface area (Å²) in [7, 11) is 0. The summed E-state index contributed by atoms with van der Waals surface area (Å²) in [6.07, 6.45) is -0.317. The Morgan fingerprint density at radius 1 is 1.21 bits per heavy atom. The van der Waals surface area contributed by atoms with Crippen LogP contribution in [0.15, 0.2) is 30.3 Å². The molecule has 2 heterocycles. The number of aryl methyl sites for hydroxylation is 1. The number of para-hydroxylation sites is 1. The molecule has 1 aliphatic heterocycles. The Balaban J connectivity index is 1.73. The third kappa shape index (κ3) is 4.79. The molecule has 0 aliphatic carbocycles. The number of ether oxygens (including phenoxy) is 1. The Labute approximate surface area is 168 Å². The van der Waals surface area contributed by atoms with Crippen molar-refractivity contribution in [1.82, 2.24) is 14.9 Å². The van der Waals surface area contributed by atoms with Crippen LogP contribution in [0.1, 0.15) is 28.8 Å². The predicted molar refractivity (Wildman–Crippen MR) is 107 cm³/mol. The molecule has 2 amide bonds. The number of nitriles is 1. The Bertz CT molecular complexity index is 947. The zero-order valence-corrected chi connectivity index (χ0v) is 16.4. The van der Waals surface area contributed by atoms with Gasteiger partial charge in [0.1, 0.15) is 23.4 Å². The van der Waals surface area contributed by atoms with Crippen molar-refractivity contribution < 1.29 is 14.3 Å².